The zero-order chi connectivity index (χ0) is 39.7. The quantitative estimate of drug-likeness (QED) is 0.104. The van der Waals surface area contributed by atoms with E-state index in [-0.39, 0.29) is 73.9 Å². The fraction of sp³-hybridized carbons (Fsp3) is 0.718. The van der Waals surface area contributed by atoms with Gasteiger partial charge in [-0.25, -0.2) is 0 Å². The highest BCUT2D eigenvalue weighted by Gasteiger charge is 2.42. The molecule has 0 unspecified atom stereocenters. The van der Waals surface area contributed by atoms with Crippen LogP contribution in [0.5, 0.6) is 0 Å². The first kappa shape index (κ1) is 45.6. The third-order valence-electron chi connectivity index (χ3n) is 10.5. The molecular weight excluding hydrogens is 680 g/mol. The van der Waals surface area contributed by atoms with Crippen LogP contribution in [0.3, 0.4) is 0 Å². The lowest BCUT2D eigenvalue weighted by Gasteiger charge is -2.39. The van der Waals surface area contributed by atoms with Crippen LogP contribution < -0.4 is 21.3 Å². The fourth-order valence-corrected chi connectivity index (χ4v) is 7.27. The summed E-state index contributed by atoms with van der Waals surface area (Å²) in [6, 6.07) is 7.28. The van der Waals surface area contributed by atoms with Crippen molar-refractivity contribution in [2.45, 2.75) is 110 Å². The summed E-state index contributed by atoms with van der Waals surface area (Å²) in [6.45, 7) is 10.1. The van der Waals surface area contributed by atoms with E-state index in [1.54, 1.807) is 30.8 Å². The number of carbonyl (C=O) groups excluding carboxylic acids is 5. The van der Waals surface area contributed by atoms with Crippen LogP contribution in [0, 0.1) is 17.8 Å². The maximum Gasteiger partial charge on any atom is 0.242 e. The molecule has 1 saturated heterocycles. The molecule has 2 rings (SSSR count). The molecule has 53 heavy (non-hydrogen) atoms. The maximum atomic E-state index is 14.1. The molecule has 5 amide bonds. The number of benzene rings is 1. The van der Waals surface area contributed by atoms with E-state index in [2.05, 4.69) is 21.3 Å². The average Bonchev–Trinajstić information content (AvgIpc) is 3.63. The van der Waals surface area contributed by atoms with E-state index in [0.29, 0.717) is 19.4 Å². The van der Waals surface area contributed by atoms with Crippen LogP contribution in [-0.2, 0) is 39.9 Å². The predicted octanol–water partition coefficient (Wildman–Crippen LogP) is 1.49. The standard InChI is InChI=1S/C39H66N6O8/c1-10-26(4)35(44(7)33(48)24-42-39(51)34(40-6)25(2)3)31(52-8)23-32(47)45-20-14-18-30(45)36(53-9)27(5)37(49)43-29(38(50)41-19-15-21-46)22-28-16-12-11-13-17-28/h11-13,16-17,25-27,29-31,34-36,40,46H,10,14-15,18-24H2,1-9H3,(H,41,50)(H,42,51)(H,43,49)/t26-,27+,29-,30-,31+,34-,35-,36+/m0/s1. The van der Waals surface area contributed by atoms with Crippen LogP contribution in [0.15, 0.2) is 30.3 Å². The lowest BCUT2D eigenvalue weighted by atomic mass is 9.90. The molecule has 1 heterocycles. The number of ether oxygens (including phenoxy) is 2. The second-order valence-electron chi connectivity index (χ2n) is 14.5. The SMILES string of the molecule is CC[C@H](C)[C@@H]([C@@H](CC(=O)N1CCC[C@H]1[C@H](OC)[C@@H](C)C(=O)N[C@@H](Cc1ccccc1)C(=O)NCCCO)OC)N(C)C(=O)CNC(=O)[C@@H](NC)C(C)C. The summed E-state index contributed by atoms with van der Waals surface area (Å²) in [5.41, 5.74) is 0.882. The van der Waals surface area contributed by atoms with Gasteiger partial charge in [0, 0.05) is 47.4 Å². The lowest BCUT2D eigenvalue weighted by molar-refractivity contribution is -0.146. The molecule has 0 saturated carbocycles. The van der Waals surface area contributed by atoms with Crippen molar-refractivity contribution in [3.63, 3.8) is 0 Å². The van der Waals surface area contributed by atoms with Crippen molar-refractivity contribution in [3.8, 4) is 0 Å². The van der Waals surface area contributed by atoms with E-state index in [1.807, 2.05) is 58.0 Å². The molecule has 0 spiro atoms. The number of carbonyl (C=O) groups is 5. The highest BCUT2D eigenvalue weighted by Crippen LogP contribution is 2.29. The molecule has 0 aromatic heterocycles. The zero-order valence-electron chi connectivity index (χ0n) is 33.4. The van der Waals surface area contributed by atoms with Gasteiger partial charge in [-0.3, -0.25) is 24.0 Å². The van der Waals surface area contributed by atoms with E-state index < -0.39 is 42.3 Å². The van der Waals surface area contributed by atoms with Crippen LogP contribution in [0.2, 0.25) is 0 Å². The van der Waals surface area contributed by atoms with Crippen molar-refractivity contribution in [1.29, 1.82) is 0 Å². The van der Waals surface area contributed by atoms with Crippen molar-refractivity contribution >= 4 is 29.5 Å². The molecule has 1 aromatic carbocycles. The van der Waals surface area contributed by atoms with Crippen molar-refractivity contribution < 1.29 is 38.6 Å². The van der Waals surface area contributed by atoms with Crippen molar-refractivity contribution in [3.05, 3.63) is 35.9 Å². The van der Waals surface area contributed by atoms with Crippen LogP contribution in [-0.4, -0.2) is 135 Å². The summed E-state index contributed by atoms with van der Waals surface area (Å²) in [5, 5.41) is 20.6. The first-order valence-electron chi connectivity index (χ1n) is 19.0. The van der Waals surface area contributed by atoms with E-state index in [1.165, 1.54) is 14.2 Å². The van der Waals surface area contributed by atoms with Crippen molar-refractivity contribution in [2.24, 2.45) is 17.8 Å². The monoisotopic (exact) mass is 746 g/mol. The summed E-state index contributed by atoms with van der Waals surface area (Å²) in [4.78, 5) is 70.4. The Balaban J connectivity index is 2.20. The smallest absolute Gasteiger partial charge is 0.242 e. The lowest BCUT2D eigenvalue weighted by Crippen LogP contribution is -2.55. The van der Waals surface area contributed by atoms with E-state index >= 15 is 0 Å². The number of likely N-dealkylation sites (tertiary alicyclic amines) is 1. The minimum atomic E-state index is -0.849. The Bertz CT molecular complexity index is 1300. The zero-order valence-corrected chi connectivity index (χ0v) is 33.4. The normalized spacial score (nSPS) is 18.3. The Hall–Kier alpha value is -3.59. The number of aliphatic hydroxyl groups excluding tert-OH is 1. The van der Waals surface area contributed by atoms with Gasteiger partial charge in [-0.05, 0) is 43.7 Å². The molecule has 14 nitrogen and oxygen atoms in total. The highest BCUT2D eigenvalue weighted by atomic mass is 16.5. The van der Waals surface area contributed by atoms with Crippen molar-refractivity contribution in [1.82, 2.24) is 31.1 Å². The maximum absolute atomic E-state index is 14.1. The fourth-order valence-electron chi connectivity index (χ4n) is 7.27. The van der Waals surface area contributed by atoms with Gasteiger partial charge in [0.1, 0.15) is 6.04 Å². The Morgan fingerprint density at radius 3 is 2.23 bits per heavy atom. The number of methoxy groups -OCH3 is 2. The molecular formula is C39H66N6O8. The minimum Gasteiger partial charge on any atom is -0.396 e. The van der Waals surface area contributed by atoms with E-state index in [0.717, 1.165) is 18.4 Å². The summed E-state index contributed by atoms with van der Waals surface area (Å²) >= 11 is 0. The molecule has 300 valence electrons. The number of aliphatic hydroxyl groups is 1. The summed E-state index contributed by atoms with van der Waals surface area (Å²) in [7, 11) is 6.44. The minimum absolute atomic E-state index is 0.00529. The van der Waals surface area contributed by atoms with Crippen LogP contribution in [0.25, 0.3) is 0 Å². The van der Waals surface area contributed by atoms with Gasteiger partial charge in [0.2, 0.25) is 29.5 Å². The topological polar surface area (TPSA) is 179 Å². The second-order valence-corrected chi connectivity index (χ2v) is 14.5. The number of likely N-dealkylation sites (N-methyl/N-ethyl adjacent to an activating group) is 2. The Morgan fingerprint density at radius 1 is 0.981 bits per heavy atom. The Labute approximate surface area is 316 Å². The molecule has 0 aliphatic carbocycles. The van der Waals surface area contributed by atoms with E-state index in [4.69, 9.17) is 14.6 Å². The number of hydrogen-bond donors (Lipinski definition) is 5. The molecule has 8 atom stereocenters. The van der Waals surface area contributed by atoms with Gasteiger partial charge in [-0.2, -0.15) is 0 Å². The van der Waals surface area contributed by atoms with Crippen LogP contribution >= 0.6 is 0 Å². The van der Waals surface area contributed by atoms with Crippen molar-refractivity contribution in [2.75, 3.05) is 54.6 Å². The van der Waals surface area contributed by atoms with Crippen LogP contribution in [0.4, 0.5) is 0 Å². The number of nitrogens with zero attached hydrogens (tertiary/aromatic N) is 2. The van der Waals surface area contributed by atoms with Gasteiger partial charge >= 0.3 is 0 Å². The molecule has 1 aromatic rings. The molecule has 0 radical (unpaired) electrons. The molecule has 1 aliphatic heterocycles. The summed E-state index contributed by atoms with van der Waals surface area (Å²) in [6.07, 6.45) is 1.49. The predicted molar refractivity (Wildman–Crippen MR) is 204 cm³/mol. The largest absolute Gasteiger partial charge is 0.396 e. The van der Waals surface area contributed by atoms with Crippen LogP contribution in [0.1, 0.15) is 72.3 Å². The van der Waals surface area contributed by atoms with E-state index in [9.17, 15) is 24.0 Å². The third kappa shape index (κ3) is 13.3. The summed E-state index contributed by atoms with van der Waals surface area (Å²) in [5.74, 6) is -2.12. The Kier molecular flexibility index (Phi) is 20.0. The van der Waals surface area contributed by atoms with Gasteiger partial charge in [0.15, 0.2) is 0 Å². The van der Waals surface area contributed by atoms with Gasteiger partial charge in [-0.15, -0.1) is 0 Å². The van der Waals surface area contributed by atoms with Gasteiger partial charge < -0.3 is 45.6 Å². The van der Waals surface area contributed by atoms with Gasteiger partial charge in [-0.1, -0.05) is 71.4 Å². The van der Waals surface area contributed by atoms with Gasteiger partial charge in [0.05, 0.1) is 49.2 Å². The highest BCUT2D eigenvalue weighted by molar-refractivity contribution is 5.89. The Morgan fingerprint density at radius 2 is 1.66 bits per heavy atom. The first-order chi connectivity index (χ1) is 25.2. The molecule has 5 N–H and O–H groups in total. The summed E-state index contributed by atoms with van der Waals surface area (Å²) < 4.78 is 11.8. The third-order valence-corrected chi connectivity index (χ3v) is 10.5. The second kappa shape index (κ2) is 23.3. The first-order valence-corrected chi connectivity index (χ1v) is 19.0. The number of hydrogen-bond acceptors (Lipinski definition) is 9. The number of rotatable bonds is 23. The molecule has 14 heteroatoms. The van der Waals surface area contributed by atoms with Gasteiger partial charge in [0.25, 0.3) is 0 Å². The number of amides is 5. The molecule has 0 bridgehead atoms. The average molecular weight is 747 g/mol. The number of nitrogens with one attached hydrogen (secondary N) is 4. The molecule has 1 aliphatic rings. The molecule has 1 fully saturated rings.